The van der Waals surface area contributed by atoms with Crippen LogP contribution in [0.25, 0.3) is 5.76 Å². The zero-order valence-electron chi connectivity index (χ0n) is 12.1. The van der Waals surface area contributed by atoms with Crippen LogP contribution in [0.1, 0.15) is 16.4 Å². The minimum atomic E-state index is -0.929. The SMILES string of the molecule is N#CC1=C(c2cccs2)OC(=N)C(C#N)C1c1ccc(Cl)cc1Cl. The van der Waals surface area contributed by atoms with Gasteiger partial charge in [-0.15, -0.1) is 11.3 Å². The van der Waals surface area contributed by atoms with Gasteiger partial charge in [0.25, 0.3) is 0 Å². The summed E-state index contributed by atoms with van der Waals surface area (Å²) < 4.78 is 5.51. The van der Waals surface area contributed by atoms with Crippen molar-refractivity contribution in [2.24, 2.45) is 5.92 Å². The summed E-state index contributed by atoms with van der Waals surface area (Å²) in [5.74, 6) is -1.50. The first-order valence-electron chi connectivity index (χ1n) is 6.85. The molecule has 4 nitrogen and oxygen atoms in total. The Morgan fingerprint density at radius 1 is 1.21 bits per heavy atom. The van der Waals surface area contributed by atoms with E-state index in [1.165, 1.54) is 11.3 Å². The second-order valence-corrected chi connectivity index (χ2v) is 6.84. The largest absolute Gasteiger partial charge is 0.440 e. The predicted molar refractivity (Wildman–Crippen MR) is 94.0 cm³/mol. The molecule has 24 heavy (non-hydrogen) atoms. The lowest BCUT2D eigenvalue weighted by Gasteiger charge is -2.29. The van der Waals surface area contributed by atoms with E-state index >= 15 is 0 Å². The van der Waals surface area contributed by atoms with Crippen LogP contribution in [-0.2, 0) is 4.74 Å². The Balaban J connectivity index is 2.26. The monoisotopic (exact) mass is 373 g/mol. The summed E-state index contributed by atoms with van der Waals surface area (Å²) >= 11 is 13.6. The van der Waals surface area contributed by atoms with Gasteiger partial charge in [-0.25, -0.2) is 0 Å². The third-order valence-corrected chi connectivity index (χ3v) is 5.12. The van der Waals surface area contributed by atoms with Crippen molar-refractivity contribution in [3.63, 3.8) is 0 Å². The number of hydrogen-bond acceptors (Lipinski definition) is 5. The van der Waals surface area contributed by atoms with Crippen molar-refractivity contribution in [2.75, 3.05) is 0 Å². The Labute approximate surface area is 152 Å². The second-order valence-electron chi connectivity index (χ2n) is 5.05. The number of halogens is 2. The van der Waals surface area contributed by atoms with E-state index in [4.69, 9.17) is 33.3 Å². The maximum absolute atomic E-state index is 9.70. The summed E-state index contributed by atoms with van der Waals surface area (Å²) in [6.07, 6.45) is 0. The normalized spacial score (nSPS) is 20.2. The number of ether oxygens (including phenoxy) is 1. The van der Waals surface area contributed by atoms with Gasteiger partial charge >= 0.3 is 0 Å². The van der Waals surface area contributed by atoms with Gasteiger partial charge in [0.15, 0.2) is 5.76 Å². The molecule has 0 spiro atoms. The Morgan fingerprint density at radius 3 is 2.58 bits per heavy atom. The second kappa shape index (κ2) is 6.67. The summed E-state index contributed by atoms with van der Waals surface area (Å²) in [6, 6.07) is 12.7. The smallest absolute Gasteiger partial charge is 0.205 e. The van der Waals surface area contributed by atoms with Gasteiger partial charge in [-0.2, -0.15) is 10.5 Å². The average molecular weight is 374 g/mol. The standard InChI is InChI=1S/C17H9Cl2N3OS/c18-9-3-4-10(13(19)6-9)15-11(7-20)16(14-2-1-5-24-14)23-17(22)12(15)8-21/h1-6,12,15,22H. The molecule has 2 aromatic rings. The van der Waals surface area contributed by atoms with E-state index in [0.29, 0.717) is 21.4 Å². The summed E-state index contributed by atoms with van der Waals surface area (Å²) in [5, 5.41) is 29.9. The topological polar surface area (TPSA) is 80.7 Å². The highest BCUT2D eigenvalue weighted by Crippen LogP contribution is 2.45. The van der Waals surface area contributed by atoms with Crippen LogP contribution in [0.15, 0.2) is 41.3 Å². The van der Waals surface area contributed by atoms with Crippen LogP contribution in [0.2, 0.25) is 10.0 Å². The molecule has 0 amide bonds. The fourth-order valence-electron chi connectivity index (χ4n) is 2.62. The lowest BCUT2D eigenvalue weighted by Crippen LogP contribution is -2.29. The van der Waals surface area contributed by atoms with Crippen LogP contribution in [0.5, 0.6) is 0 Å². The number of nitrogens with one attached hydrogen (secondary N) is 1. The maximum Gasteiger partial charge on any atom is 0.205 e. The molecule has 0 fully saturated rings. The van der Waals surface area contributed by atoms with Crippen molar-refractivity contribution in [1.82, 2.24) is 0 Å². The number of thiophene rings is 1. The van der Waals surface area contributed by atoms with Crippen LogP contribution < -0.4 is 0 Å². The van der Waals surface area contributed by atoms with E-state index in [1.54, 1.807) is 24.3 Å². The Hall–Kier alpha value is -2.31. The molecule has 1 aliphatic rings. The van der Waals surface area contributed by atoms with Crippen molar-refractivity contribution in [2.45, 2.75) is 5.92 Å². The Bertz CT molecular complexity index is 922. The van der Waals surface area contributed by atoms with Crippen LogP contribution in [0, 0.1) is 34.0 Å². The molecule has 0 aliphatic carbocycles. The van der Waals surface area contributed by atoms with E-state index < -0.39 is 11.8 Å². The molecule has 2 unspecified atom stereocenters. The quantitative estimate of drug-likeness (QED) is 0.782. The van der Waals surface area contributed by atoms with E-state index in [1.807, 2.05) is 11.4 Å². The van der Waals surface area contributed by atoms with E-state index in [0.717, 1.165) is 4.88 Å². The van der Waals surface area contributed by atoms with Crippen molar-refractivity contribution in [3.05, 3.63) is 61.8 Å². The van der Waals surface area contributed by atoms with Gasteiger partial charge in [0.2, 0.25) is 5.90 Å². The van der Waals surface area contributed by atoms with Crippen molar-refractivity contribution in [1.29, 1.82) is 15.9 Å². The average Bonchev–Trinajstić information content (AvgIpc) is 3.08. The fraction of sp³-hybridized carbons (Fsp3) is 0.118. The van der Waals surface area contributed by atoms with Crippen molar-refractivity contribution < 1.29 is 4.74 Å². The van der Waals surface area contributed by atoms with Gasteiger partial charge in [-0.1, -0.05) is 35.3 Å². The molecule has 1 aliphatic heterocycles. The van der Waals surface area contributed by atoms with Crippen LogP contribution in [0.4, 0.5) is 0 Å². The van der Waals surface area contributed by atoms with Gasteiger partial charge in [-0.05, 0) is 29.1 Å². The highest BCUT2D eigenvalue weighted by atomic mass is 35.5. The van der Waals surface area contributed by atoms with Gasteiger partial charge in [0, 0.05) is 16.0 Å². The molecule has 3 rings (SSSR count). The third kappa shape index (κ3) is 2.79. The van der Waals surface area contributed by atoms with Gasteiger partial charge in [0.05, 0.1) is 22.6 Å². The molecule has 118 valence electrons. The lowest BCUT2D eigenvalue weighted by atomic mass is 9.79. The zero-order valence-corrected chi connectivity index (χ0v) is 14.4. The number of nitriles is 2. The summed E-state index contributed by atoms with van der Waals surface area (Å²) in [7, 11) is 0. The number of allylic oxidation sites excluding steroid dienone is 1. The first-order chi connectivity index (χ1) is 11.6. The molecule has 1 aromatic carbocycles. The minimum Gasteiger partial charge on any atom is -0.440 e. The van der Waals surface area contributed by atoms with Gasteiger partial charge in [0.1, 0.15) is 5.92 Å². The minimum absolute atomic E-state index is 0.198. The summed E-state index contributed by atoms with van der Waals surface area (Å²) in [5.41, 5.74) is 0.857. The highest BCUT2D eigenvalue weighted by Gasteiger charge is 2.40. The number of hydrogen-bond donors (Lipinski definition) is 1. The molecule has 0 radical (unpaired) electrons. The number of benzene rings is 1. The molecule has 1 aromatic heterocycles. The number of nitrogens with zero attached hydrogens (tertiary/aromatic N) is 2. The molecular weight excluding hydrogens is 365 g/mol. The molecule has 0 bridgehead atoms. The van der Waals surface area contributed by atoms with Crippen LogP contribution in [0.3, 0.4) is 0 Å². The first-order valence-corrected chi connectivity index (χ1v) is 8.49. The van der Waals surface area contributed by atoms with E-state index in [2.05, 4.69) is 12.1 Å². The molecule has 2 atom stereocenters. The van der Waals surface area contributed by atoms with Crippen molar-refractivity contribution in [3.8, 4) is 12.1 Å². The Kier molecular flexibility index (Phi) is 4.59. The molecule has 0 saturated carbocycles. The van der Waals surface area contributed by atoms with Crippen molar-refractivity contribution >= 4 is 46.2 Å². The van der Waals surface area contributed by atoms with Crippen LogP contribution >= 0.6 is 34.5 Å². The lowest BCUT2D eigenvalue weighted by molar-refractivity contribution is 0.427. The van der Waals surface area contributed by atoms with Gasteiger partial charge in [-0.3, -0.25) is 5.41 Å². The molecule has 7 heteroatoms. The maximum atomic E-state index is 9.70. The summed E-state index contributed by atoms with van der Waals surface area (Å²) in [6.45, 7) is 0. The van der Waals surface area contributed by atoms with E-state index in [-0.39, 0.29) is 11.5 Å². The highest BCUT2D eigenvalue weighted by molar-refractivity contribution is 7.11. The summed E-state index contributed by atoms with van der Waals surface area (Å²) in [4.78, 5) is 0.725. The fourth-order valence-corrected chi connectivity index (χ4v) is 3.87. The first kappa shape index (κ1) is 16.5. The molecule has 2 heterocycles. The predicted octanol–water partition coefficient (Wildman–Crippen LogP) is 5.22. The zero-order chi connectivity index (χ0) is 17.3. The van der Waals surface area contributed by atoms with Gasteiger partial charge < -0.3 is 4.74 Å². The number of rotatable bonds is 2. The Morgan fingerprint density at radius 2 is 2.00 bits per heavy atom. The van der Waals surface area contributed by atoms with E-state index in [9.17, 15) is 10.5 Å². The third-order valence-electron chi connectivity index (χ3n) is 3.69. The van der Waals surface area contributed by atoms with Crippen LogP contribution in [-0.4, -0.2) is 5.90 Å². The molecule has 1 N–H and O–H groups in total. The molecule has 0 saturated heterocycles. The molecular formula is C17H9Cl2N3OS.